The van der Waals surface area contributed by atoms with Gasteiger partial charge < -0.3 is 14.9 Å². The molecule has 154 valence electrons. The van der Waals surface area contributed by atoms with Crippen LogP contribution < -0.4 is 10.0 Å². The predicted molar refractivity (Wildman–Crippen MR) is 129 cm³/mol. The molecule has 3 N–H and O–H groups in total. The first-order chi connectivity index (χ1) is 14.8. The molecular formula is C23H25N5S2. The van der Waals surface area contributed by atoms with Crippen molar-refractivity contribution in [2.45, 2.75) is 11.4 Å². The standard InChI is InChI=1S/C14H16N4S2.C9H9N/c1-2-12(7-14-11(1)3-4-17-14)20-18-6-5-15-8-13-9-16-10-19-13;1-10-7-6-8-4-2-3-5-9(8)10/h1-4,7,9-10,15,17-18H,5-6,8H2;2-7H,1H3. The summed E-state index contributed by atoms with van der Waals surface area (Å²) >= 11 is 3.35. The number of aromatic amines is 1. The lowest BCUT2D eigenvalue weighted by atomic mass is 10.2. The summed E-state index contributed by atoms with van der Waals surface area (Å²) in [4.78, 5) is 9.78. The highest BCUT2D eigenvalue weighted by Crippen LogP contribution is 2.20. The first-order valence-electron chi connectivity index (χ1n) is 9.84. The lowest BCUT2D eigenvalue weighted by Gasteiger charge is -2.05. The molecule has 0 aliphatic carbocycles. The molecule has 0 amide bonds. The molecule has 0 aliphatic heterocycles. The lowest BCUT2D eigenvalue weighted by molar-refractivity contribution is 0.687. The van der Waals surface area contributed by atoms with Gasteiger partial charge in [0.1, 0.15) is 0 Å². The number of nitrogens with zero attached hydrogens (tertiary/aromatic N) is 2. The second-order valence-corrected chi connectivity index (χ2v) is 8.79. The van der Waals surface area contributed by atoms with Crippen molar-refractivity contribution in [1.29, 1.82) is 0 Å². The summed E-state index contributed by atoms with van der Waals surface area (Å²) in [6.07, 6.45) is 5.95. The van der Waals surface area contributed by atoms with E-state index in [4.69, 9.17) is 0 Å². The molecule has 0 saturated carbocycles. The Labute approximate surface area is 184 Å². The van der Waals surface area contributed by atoms with Crippen LogP contribution in [0.5, 0.6) is 0 Å². The highest BCUT2D eigenvalue weighted by molar-refractivity contribution is 7.97. The minimum absolute atomic E-state index is 0.894. The van der Waals surface area contributed by atoms with E-state index in [1.807, 2.05) is 17.9 Å². The van der Waals surface area contributed by atoms with Gasteiger partial charge in [-0.25, -0.2) is 0 Å². The molecule has 3 aromatic heterocycles. The molecule has 5 aromatic rings. The van der Waals surface area contributed by atoms with E-state index in [1.54, 1.807) is 23.3 Å². The maximum Gasteiger partial charge on any atom is 0.0794 e. The van der Waals surface area contributed by atoms with Crippen LogP contribution in [0.1, 0.15) is 4.88 Å². The molecule has 7 heteroatoms. The molecule has 0 bridgehead atoms. The van der Waals surface area contributed by atoms with Gasteiger partial charge in [0, 0.05) is 66.1 Å². The van der Waals surface area contributed by atoms with Crippen LogP contribution in [-0.2, 0) is 13.6 Å². The monoisotopic (exact) mass is 435 g/mol. The molecule has 0 spiro atoms. The number of hydrogen-bond donors (Lipinski definition) is 3. The Balaban J connectivity index is 0.000000181. The summed E-state index contributed by atoms with van der Waals surface area (Å²) in [6.45, 7) is 2.76. The number of thiazole rings is 1. The van der Waals surface area contributed by atoms with E-state index in [0.717, 1.165) is 19.6 Å². The Kier molecular flexibility index (Phi) is 7.20. The molecule has 2 aromatic carbocycles. The zero-order chi connectivity index (χ0) is 20.6. The Morgan fingerprint density at radius 3 is 2.87 bits per heavy atom. The van der Waals surface area contributed by atoms with Crippen molar-refractivity contribution < 1.29 is 0 Å². The van der Waals surface area contributed by atoms with Gasteiger partial charge in [0.05, 0.1) is 5.51 Å². The van der Waals surface area contributed by atoms with E-state index in [1.165, 1.54) is 31.6 Å². The van der Waals surface area contributed by atoms with Crippen molar-refractivity contribution in [1.82, 2.24) is 24.6 Å². The number of H-pyrrole nitrogens is 1. The zero-order valence-corrected chi connectivity index (χ0v) is 18.5. The van der Waals surface area contributed by atoms with Crippen molar-refractivity contribution in [3.05, 3.63) is 83.6 Å². The number of rotatable bonds is 7. The summed E-state index contributed by atoms with van der Waals surface area (Å²) in [5.41, 5.74) is 4.34. The molecular weight excluding hydrogens is 410 g/mol. The van der Waals surface area contributed by atoms with Crippen LogP contribution in [0.2, 0.25) is 0 Å². The van der Waals surface area contributed by atoms with E-state index < -0.39 is 0 Å². The highest BCUT2D eigenvalue weighted by atomic mass is 32.2. The maximum atomic E-state index is 4.05. The SMILES string of the molecule is Cn1ccc2ccccc21.c1cc2ccc(SNCCNCc3cncs3)cc2[nH]1. The third kappa shape index (κ3) is 5.52. The number of fused-ring (bicyclic) bond motifs is 2. The fourth-order valence-corrected chi connectivity index (χ4v) is 4.38. The number of aryl methyl sites for hydroxylation is 1. The van der Waals surface area contributed by atoms with Gasteiger partial charge in [0.15, 0.2) is 0 Å². The van der Waals surface area contributed by atoms with Gasteiger partial charge in [0.25, 0.3) is 0 Å². The van der Waals surface area contributed by atoms with E-state index >= 15 is 0 Å². The summed E-state index contributed by atoms with van der Waals surface area (Å²) in [5, 5.41) is 5.95. The molecule has 3 heterocycles. The molecule has 30 heavy (non-hydrogen) atoms. The fraction of sp³-hybridized carbons (Fsp3) is 0.174. The molecule has 0 fully saturated rings. The predicted octanol–water partition coefficient (Wildman–Crippen LogP) is 5.19. The normalized spacial score (nSPS) is 11.0. The van der Waals surface area contributed by atoms with E-state index in [-0.39, 0.29) is 0 Å². The lowest BCUT2D eigenvalue weighted by Crippen LogP contribution is -2.23. The number of para-hydroxylation sites is 1. The Bertz CT molecular complexity index is 1180. The number of hydrogen-bond acceptors (Lipinski definition) is 5. The molecule has 5 nitrogen and oxygen atoms in total. The third-order valence-corrected chi connectivity index (χ3v) is 6.32. The average Bonchev–Trinajstić information content (AvgIpc) is 3.53. The second-order valence-electron chi connectivity index (χ2n) is 6.85. The summed E-state index contributed by atoms with van der Waals surface area (Å²) < 4.78 is 5.49. The first-order valence-corrected chi connectivity index (χ1v) is 11.5. The van der Waals surface area contributed by atoms with Crippen LogP contribution in [0.15, 0.2) is 83.6 Å². The van der Waals surface area contributed by atoms with Crippen molar-refractivity contribution in [2.75, 3.05) is 13.1 Å². The van der Waals surface area contributed by atoms with Gasteiger partial charge in [-0.2, -0.15) is 0 Å². The largest absolute Gasteiger partial charge is 0.361 e. The van der Waals surface area contributed by atoms with Crippen LogP contribution >= 0.6 is 23.3 Å². The van der Waals surface area contributed by atoms with Crippen molar-refractivity contribution in [3.63, 3.8) is 0 Å². The Morgan fingerprint density at radius 1 is 1.07 bits per heavy atom. The maximum absolute atomic E-state index is 4.05. The third-order valence-electron chi connectivity index (χ3n) is 4.70. The van der Waals surface area contributed by atoms with Gasteiger partial charge in [0.2, 0.25) is 0 Å². The van der Waals surface area contributed by atoms with Crippen LogP contribution in [0.25, 0.3) is 21.8 Å². The topological polar surface area (TPSA) is 57.7 Å². The van der Waals surface area contributed by atoms with Crippen LogP contribution in [-0.4, -0.2) is 27.6 Å². The zero-order valence-electron chi connectivity index (χ0n) is 16.8. The van der Waals surface area contributed by atoms with Gasteiger partial charge >= 0.3 is 0 Å². The summed E-state index contributed by atoms with van der Waals surface area (Å²) in [7, 11) is 2.06. The highest BCUT2D eigenvalue weighted by Gasteiger charge is 1.98. The molecule has 0 radical (unpaired) electrons. The Morgan fingerprint density at radius 2 is 2.00 bits per heavy atom. The molecule has 0 atom stereocenters. The molecule has 0 saturated heterocycles. The van der Waals surface area contributed by atoms with E-state index in [2.05, 4.69) is 92.4 Å². The number of aromatic nitrogens is 3. The number of nitrogens with one attached hydrogen (secondary N) is 3. The molecule has 0 unspecified atom stereocenters. The molecule has 5 rings (SSSR count). The second kappa shape index (κ2) is 10.4. The smallest absolute Gasteiger partial charge is 0.0794 e. The average molecular weight is 436 g/mol. The van der Waals surface area contributed by atoms with Gasteiger partial charge in [-0.05, 0) is 53.1 Å². The van der Waals surface area contributed by atoms with Crippen LogP contribution in [0, 0.1) is 0 Å². The van der Waals surface area contributed by atoms with Crippen LogP contribution in [0.4, 0.5) is 0 Å². The summed E-state index contributed by atoms with van der Waals surface area (Å²) in [5.74, 6) is 0. The van der Waals surface area contributed by atoms with E-state index in [9.17, 15) is 0 Å². The van der Waals surface area contributed by atoms with Gasteiger partial charge in [-0.15, -0.1) is 11.3 Å². The van der Waals surface area contributed by atoms with Crippen molar-refractivity contribution >= 4 is 45.1 Å². The van der Waals surface area contributed by atoms with Crippen molar-refractivity contribution in [2.24, 2.45) is 7.05 Å². The molecule has 0 aliphatic rings. The fourth-order valence-electron chi connectivity index (χ4n) is 3.13. The van der Waals surface area contributed by atoms with Gasteiger partial charge in [-0.3, -0.25) is 9.71 Å². The number of benzene rings is 2. The van der Waals surface area contributed by atoms with Crippen LogP contribution in [0.3, 0.4) is 0 Å². The summed E-state index contributed by atoms with van der Waals surface area (Å²) in [6, 6.07) is 19.0. The quantitative estimate of drug-likeness (QED) is 0.243. The first kappa shape index (κ1) is 20.7. The Hall–Kier alpha value is -2.58. The van der Waals surface area contributed by atoms with Crippen molar-refractivity contribution in [3.8, 4) is 0 Å². The minimum atomic E-state index is 0.894. The minimum Gasteiger partial charge on any atom is -0.361 e. The van der Waals surface area contributed by atoms with E-state index in [0.29, 0.717) is 0 Å². The van der Waals surface area contributed by atoms with Gasteiger partial charge in [-0.1, -0.05) is 24.3 Å².